The number of carboxylic acids is 1. The van der Waals surface area contributed by atoms with Crippen LogP contribution >= 0.6 is 0 Å². The van der Waals surface area contributed by atoms with Gasteiger partial charge in [0.2, 0.25) is 5.91 Å². The molecule has 1 atom stereocenters. The third-order valence-electron chi connectivity index (χ3n) is 3.99. The van der Waals surface area contributed by atoms with Crippen LogP contribution in [-0.2, 0) is 4.79 Å². The van der Waals surface area contributed by atoms with Crippen LogP contribution in [0.25, 0.3) is 0 Å². The van der Waals surface area contributed by atoms with E-state index in [0.717, 1.165) is 23.8 Å². The molecule has 27 heavy (non-hydrogen) atoms. The average molecular weight is 372 g/mol. The molecule has 142 valence electrons. The van der Waals surface area contributed by atoms with Gasteiger partial charge in [0.1, 0.15) is 11.9 Å². The third-order valence-corrected chi connectivity index (χ3v) is 3.99. The maximum absolute atomic E-state index is 13.9. The first kappa shape index (κ1) is 20.1. The summed E-state index contributed by atoms with van der Waals surface area (Å²) in [5.41, 5.74) is 0.903. The Morgan fingerprint density at radius 1 is 1.04 bits per heavy atom. The summed E-state index contributed by atoms with van der Waals surface area (Å²) in [4.78, 5) is 36.0. The van der Waals surface area contributed by atoms with E-state index in [-0.39, 0.29) is 17.2 Å². The Morgan fingerprint density at radius 2 is 1.74 bits per heavy atom. The van der Waals surface area contributed by atoms with E-state index in [4.69, 9.17) is 5.11 Å². The molecule has 3 N–H and O–H groups in total. The van der Waals surface area contributed by atoms with Gasteiger partial charge in [-0.1, -0.05) is 31.5 Å². The summed E-state index contributed by atoms with van der Waals surface area (Å²) < 4.78 is 13.9. The first-order valence-corrected chi connectivity index (χ1v) is 8.40. The topological polar surface area (TPSA) is 95.5 Å². The summed E-state index contributed by atoms with van der Waals surface area (Å²) in [6.07, 6.45) is 0. The second-order valence-electron chi connectivity index (χ2n) is 6.55. The van der Waals surface area contributed by atoms with Gasteiger partial charge in [-0.3, -0.25) is 9.59 Å². The van der Waals surface area contributed by atoms with E-state index in [1.807, 2.05) is 13.0 Å². The zero-order chi connectivity index (χ0) is 20.1. The van der Waals surface area contributed by atoms with E-state index in [9.17, 15) is 18.8 Å². The molecule has 0 heterocycles. The van der Waals surface area contributed by atoms with Crippen LogP contribution in [0, 0.1) is 18.7 Å². The van der Waals surface area contributed by atoms with Gasteiger partial charge in [0.05, 0.1) is 11.3 Å². The van der Waals surface area contributed by atoms with Crippen molar-refractivity contribution in [1.82, 2.24) is 5.32 Å². The number of hydrogen-bond donors (Lipinski definition) is 3. The van der Waals surface area contributed by atoms with E-state index in [0.29, 0.717) is 5.56 Å². The number of carboxylic acid groups (broad SMARTS) is 1. The molecule has 0 aliphatic heterocycles. The van der Waals surface area contributed by atoms with Gasteiger partial charge in [-0.25, -0.2) is 9.18 Å². The van der Waals surface area contributed by atoms with Gasteiger partial charge in [-0.2, -0.15) is 0 Å². The SMILES string of the molecule is Cc1cccc(C(=O)NC(C(=O)Nc2cc(C(=O)O)ccc2F)C(C)C)c1. The lowest BCUT2D eigenvalue weighted by Crippen LogP contribution is -2.47. The number of aromatic carboxylic acids is 1. The summed E-state index contributed by atoms with van der Waals surface area (Å²) in [7, 11) is 0. The molecule has 6 nitrogen and oxygen atoms in total. The molecule has 1 unspecified atom stereocenters. The second kappa shape index (κ2) is 8.44. The molecular weight excluding hydrogens is 351 g/mol. The lowest BCUT2D eigenvalue weighted by molar-refractivity contribution is -0.118. The molecule has 7 heteroatoms. The summed E-state index contributed by atoms with van der Waals surface area (Å²) in [5, 5.41) is 14.0. The van der Waals surface area contributed by atoms with Crippen molar-refractivity contribution in [3.05, 3.63) is 65.0 Å². The quantitative estimate of drug-likeness (QED) is 0.725. The Balaban J connectivity index is 2.19. The molecule has 0 spiro atoms. The molecule has 2 aromatic rings. The third kappa shape index (κ3) is 5.13. The number of benzene rings is 2. The van der Waals surface area contributed by atoms with Crippen LogP contribution in [0.4, 0.5) is 10.1 Å². The number of amides is 2. The molecule has 2 amide bonds. The van der Waals surface area contributed by atoms with Gasteiger partial charge in [0.25, 0.3) is 5.91 Å². The molecule has 0 saturated carbocycles. The number of halogens is 1. The van der Waals surface area contributed by atoms with Gasteiger partial charge in [0, 0.05) is 5.56 Å². The lowest BCUT2D eigenvalue weighted by Gasteiger charge is -2.22. The molecule has 0 saturated heterocycles. The predicted molar refractivity (Wildman–Crippen MR) is 99.3 cm³/mol. The van der Waals surface area contributed by atoms with Gasteiger partial charge in [0.15, 0.2) is 0 Å². The van der Waals surface area contributed by atoms with Gasteiger partial charge < -0.3 is 15.7 Å². The van der Waals surface area contributed by atoms with Gasteiger partial charge in [-0.05, 0) is 43.2 Å². The number of aryl methyl sites for hydroxylation is 1. The zero-order valence-corrected chi connectivity index (χ0v) is 15.2. The minimum absolute atomic E-state index is 0.156. The van der Waals surface area contributed by atoms with Crippen LogP contribution in [0.3, 0.4) is 0 Å². The van der Waals surface area contributed by atoms with Crippen LogP contribution in [0.5, 0.6) is 0 Å². The normalized spacial score (nSPS) is 11.7. The van der Waals surface area contributed by atoms with E-state index in [2.05, 4.69) is 10.6 Å². The molecule has 0 aliphatic carbocycles. The van der Waals surface area contributed by atoms with Gasteiger partial charge >= 0.3 is 5.97 Å². The van der Waals surface area contributed by atoms with Crippen molar-refractivity contribution in [2.45, 2.75) is 26.8 Å². The lowest BCUT2D eigenvalue weighted by atomic mass is 10.0. The van der Waals surface area contributed by atoms with Gasteiger partial charge in [-0.15, -0.1) is 0 Å². The van der Waals surface area contributed by atoms with Crippen LogP contribution in [0.2, 0.25) is 0 Å². The number of rotatable bonds is 6. The standard InChI is InChI=1S/C20H21FN2O4/c1-11(2)17(23-18(24)13-6-4-5-12(3)9-13)19(25)22-16-10-14(20(26)27)7-8-15(16)21/h4-11,17H,1-3H3,(H,22,25)(H,23,24)(H,26,27). The molecule has 0 aliphatic rings. The van der Waals surface area contributed by atoms with Crippen molar-refractivity contribution in [3.63, 3.8) is 0 Å². The highest BCUT2D eigenvalue weighted by Gasteiger charge is 2.25. The number of anilines is 1. The zero-order valence-electron chi connectivity index (χ0n) is 15.2. The molecule has 0 aromatic heterocycles. The van der Waals surface area contributed by atoms with E-state index >= 15 is 0 Å². The predicted octanol–water partition coefficient (Wildman–Crippen LogP) is 3.23. The number of carbonyl (C=O) groups is 3. The fourth-order valence-electron chi connectivity index (χ4n) is 2.51. The van der Waals surface area contributed by atoms with Crippen molar-refractivity contribution in [2.24, 2.45) is 5.92 Å². The Labute approximate surface area is 156 Å². The van der Waals surface area contributed by atoms with Crippen LogP contribution < -0.4 is 10.6 Å². The minimum atomic E-state index is -1.24. The fourth-order valence-corrected chi connectivity index (χ4v) is 2.51. The van der Waals surface area contributed by atoms with Crippen molar-refractivity contribution in [3.8, 4) is 0 Å². The van der Waals surface area contributed by atoms with E-state index < -0.39 is 29.6 Å². The monoisotopic (exact) mass is 372 g/mol. The van der Waals surface area contributed by atoms with Crippen molar-refractivity contribution >= 4 is 23.5 Å². The molecular formula is C20H21FN2O4. The molecule has 2 rings (SSSR count). The minimum Gasteiger partial charge on any atom is -0.478 e. The first-order valence-electron chi connectivity index (χ1n) is 8.40. The highest BCUT2D eigenvalue weighted by atomic mass is 19.1. The molecule has 2 aromatic carbocycles. The number of carbonyl (C=O) groups excluding carboxylic acids is 2. The number of hydrogen-bond acceptors (Lipinski definition) is 3. The first-order chi connectivity index (χ1) is 12.7. The van der Waals surface area contributed by atoms with Crippen LogP contribution in [-0.4, -0.2) is 28.9 Å². The smallest absolute Gasteiger partial charge is 0.335 e. The highest BCUT2D eigenvalue weighted by Crippen LogP contribution is 2.18. The van der Waals surface area contributed by atoms with Crippen LogP contribution in [0.1, 0.15) is 40.1 Å². The van der Waals surface area contributed by atoms with Crippen LogP contribution in [0.15, 0.2) is 42.5 Å². The molecule has 0 radical (unpaired) electrons. The largest absolute Gasteiger partial charge is 0.478 e. The maximum Gasteiger partial charge on any atom is 0.335 e. The van der Waals surface area contributed by atoms with E-state index in [1.54, 1.807) is 32.0 Å². The summed E-state index contributed by atoms with van der Waals surface area (Å²) in [6, 6.07) is 9.10. The van der Waals surface area contributed by atoms with E-state index in [1.165, 1.54) is 0 Å². The van der Waals surface area contributed by atoms with Crippen molar-refractivity contribution < 1.29 is 23.9 Å². The number of nitrogens with one attached hydrogen (secondary N) is 2. The summed E-state index contributed by atoms with van der Waals surface area (Å²) >= 11 is 0. The fraction of sp³-hybridized carbons (Fsp3) is 0.250. The Hall–Kier alpha value is -3.22. The highest BCUT2D eigenvalue weighted by molar-refractivity contribution is 6.02. The summed E-state index contributed by atoms with van der Waals surface area (Å²) in [6.45, 7) is 5.33. The Morgan fingerprint density at radius 3 is 2.33 bits per heavy atom. The van der Waals surface area contributed by atoms with Crippen molar-refractivity contribution in [2.75, 3.05) is 5.32 Å². The summed E-state index contributed by atoms with van der Waals surface area (Å²) in [5.74, 6) is -3.33. The maximum atomic E-state index is 13.9. The van der Waals surface area contributed by atoms with Crippen molar-refractivity contribution in [1.29, 1.82) is 0 Å². The Bertz CT molecular complexity index is 880. The average Bonchev–Trinajstić information content (AvgIpc) is 2.60. The second-order valence-corrected chi connectivity index (χ2v) is 6.55. The Kier molecular flexibility index (Phi) is 6.28. The molecule has 0 fully saturated rings. The molecule has 0 bridgehead atoms.